The quantitative estimate of drug-likeness (QED) is 0.737. The summed E-state index contributed by atoms with van der Waals surface area (Å²) in [5, 5.41) is 5.51. The van der Waals surface area contributed by atoms with Crippen LogP contribution >= 0.6 is 11.6 Å². The van der Waals surface area contributed by atoms with Crippen molar-refractivity contribution >= 4 is 28.3 Å². The van der Waals surface area contributed by atoms with Gasteiger partial charge in [0.05, 0.1) is 6.04 Å². The van der Waals surface area contributed by atoms with Gasteiger partial charge >= 0.3 is 0 Å². The Hall–Kier alpha value is -2.59. The fourth-order valence-electron chi connectivity index (χ4n) is 3.15. The minimum Gasteiger partial charge on any atom is -0.345 e. The van der Waals surface area contributed by atoms with E-state index in [1.807, 2.05) is 43.3 Å². The van der Waals surface area contributed by atoms with Crippen LogP contribution < -0.4 is 10.9 Å². The SMILES string of the molecule is Cc1cc(C)c(C(=O)NC(C)c2ccc(Cl)c3ccccc23)c(=O)[nH]1. The molecule has 1 amide bonds. The van der Waals surface area contributed by atoms with Crippen molar-refractivity contribution in [2.75, 3.05) is 0 Å². The van der Waals surface area contributed by atoms with Gasteiger partial charge in [-0.05, 0) is 49.4 Å². The van der Waals surface area contributed by atoms with E-state index in [1.165, 1.54) is 0 Å². The number of pyridine rings is 1. The summed E-state index contributed by atoms with van der Waals surface area (Å²) in [6.07, 6.45) is 0. The molecule has 25 heavy (non-hydrogen) atoms. The number of benzene rings is 2. The van der Waals surface area contributed by atoms with Crippen molar-refractivity contribution in [1.29, 1.82) is 0 Å². The molecule has 1 atom stereocenters. The Labute approximate surface area is 150 Å². The van der Waals surface area contributed by atoms with E-state index >= 15 is 0 Å². The third-order valence-electron chi connectivity index (χ3n) is 4.31. The molecule has 0 bridgehead atoms. The molecule has 1 aromatic heterocycles. The molecule has 4 nitrogen and oxygen atoms in total. The van der Waals surface area contributed by atoms with Crippen LogP contribution in [-0.4, -0.2) is 10.9 Å². The lowest BCUT2D eigenvalue weighted by Crippen LogP contribution is -2.32. The van der Waals surface area contributed by atoms with Crippen LogP contribution in [-0.2, 0) is 0 Å². The highest BCUT2D eigenvalue weighted by Crippen LogP contribution is 2.29. The highest BCUT2D eigenvalue weighted by atomic mass is 35.5. The second-order valence-corrected chi connectivity index (χ2v) is 6.62. The number of rotatable bonds is 3. The van der Waals surface area contributed by atoms with Crippen molar-refractivity contribution in [3.63, 3.8) is 0 Å². The summed E-state index contributed by atoms with van der Waals surface area (Å²) in [6, 6.07) is 13.0. The molecule has 0 saturated carbocycles. The summed E-state index contributed by atoms with van der Waals surface area (Å²) in [5.74, 6) is -0.384. The number of aromatic nitrogens is 1. The van der Waals surface area contributed by atoms with E-state index in [9.17, 15) is 9.59 Å². The van der Waals surface area contributed by atoms with Gasteiger partial charge in [0.15, 0.2) is 0 Å². The van der Waals surface area contributed by atoms with Crippen LogP contribution in [0.1, 0.15) is 40.1 Å². The van der Waals surface area contributed by atoms with Gasteiger partial charge in [0.1, 0.15) is 5.56 Å². The van der Waals surface area contributed by atoms with E-state index in [2.05, 4.69) is 10.3 Å². The highest BCUT2D eigenvalue weighted by molar-refractivity contribution is 6.35. The number of amides is 1. The van der Waals surface area contributed by atoms with Crippen LogP contribution in [0, 0.1) is 13.8 Å². The number of hydrogen-bond donors (Lipinski definition) is 2. The molecule has 0 saturated heterocycles. The van der Waals surface area contributed by atoms with Gasteiger partial charge < -0.3 is 10.3 Å². The molecular weight excluding hydrogens is 336 g/mol. The zero-order chi connectivity index (χ0) is 18.1. The van der Waals surface area contributed by atoms with Crippen molar-refractivity contribution in [2.45, 2.75) is 26.8 Å². The van der Waals surface area contributed by atoms with Crippen LogP contribution in [0.15, 0.2) is 47.3 Å². The largest absolute Gasteiger partial charge is 0.345 e. The predicted molar refractivity (Wildman–Crippen MR) is 101 cm³/mol. The Morgan fingerprint density at radius 3 is 2.48 bits per heavy atom. The molecule has 1 heterocycles. The monoisotopic (exact) mass is 354 g/mol. The van der Waals surface area contributed by atoms with Crippen LogP contribution in [0.2, 0.25) is 5.02 Å². The normalized spacial score (nSPS) is 12.2. The maximum atomic E-state index is 12.6. The van der Waals surface area contributed by atoms with Gasteiger partial charge in [-0.25, -0.2) is 0 Å². The Bertz CT molecular complexity index is 1020. The van der Waals surface area contributed by atoms with Gasteiger partial charge in [-0.15, -0.1) is 0 Å². The molecule has 0 fully saturated rings. The third-order valence-corrected chi connectivity index (χ3v) is 4.64. The molecule has 128 valence electrons. The van der Waals surface area contributed by atoms with Crippen LogP contribution in [0.5, 0.6) is 0 Å². The van der Waals surface area contributed by atoms with Crippen LogP contribution in [0.25, 0.3) is 10.8 Å². The van der Waals surface area contributed by atoms with Crippen molar-refractivity contribution in [2.24, 2.45) is 0 Å². The number of nitrogens with one attached hydrogen (secondary N) is 2. The fraction of sp³-hybridized carbons (Fsp3) is 0.200. The maximum Gasteiger partial charge on any atom is 0.261 e. The molecule has 0 spiro atoms. The molecule has 2 N–H and O–H groups in total. The number of aromatic amines is 1. The zero-order valence-electron chi connectivity index (χ0n) is 14.3. The van der Waals surface area contributed by atoms with Crippen LogP contribution in [0.4, 0.5) is 0 Å². The average Bonchev–Trinajstić information content (AvgIpc) is 2.54. The van der Waals surface area contributed by atoms with Gasteiger partial charge in [-0.2, -0.15) is 0 Å². The molecule has 2 aromatic carbocycles. The zero-order valence-corrected chi connectivity index (χ0v) is 15.1. The van der Waals surface area contributed by atoms with Gasteiger partial charge in [0.25, 0.3) is 11.5 Å². The summed E-state index contributed by atoms with van der Waals surface area (Å²) in [4.78, 5) is 27.4. The molecule has 0 aliphatic heterocycles. The summed E-state index contributed by atoms with van der Waals surface area (Å²) >= 11 is 6.26. The first-order valence-corrected chi connectivity index (χ1v) is 8.45. The number of aryl methyl sites for hydroxylation is 2. The third kappa shape index (κ3) is 3.30. The molecule has 5 heteroatoms. The number of H-pyrrole nitrogens is 1. The lowest BCUT2D eigenvalue weighted by molar-refractivity contribution is 0.0938. The molecule has 0 aliphatic carbocycles. The summed E-state index contributed by atoms with van der Waals surface area (Å²) < 4.78 is 0. The smallest absolute Gasteiger partial charge is 0.261 e. The first-order valence-electron chi connectivity index (χ1n) is 8.07. The molecule has 3 aromatic rings. The minimum atomic E-state index is -0.384. The lowest BCUT2D eigenvalue weighted by atomic mass is 9.99. The van der Waals surface area contributed by atoms with Crippen LogP contribution in [0.3, 0.4) is 0 Å². The van der Waals surface area contributed by atoms with Gasteiger partial charge in [0, 0.05) is 16.1 Å². The van der Waals surface area contributed by atoms with E-state index < -0.39 is 0 Å². The average molecular weight is 355 g/mol. The lowest BCUT2D eigenvalue weighted by Gasteiger charge is -2.17. The molecular formula is C20H19ClN2O2. The number of hydrogen-bond acceptors (Lipinski definition) is 2. The standard InChI is InChI=1S/C20H19ClN2O2/c1-11-10-12(2)22-19(24)18(11)20(25)23-13(3)14-8-9-17(21)16-7-5-4-6-15(14)16/h4-10,13H,1-3H3,(H,22,24)(H,23,25). The van der Waals surface area contributed by atoms with Gasteiger partial charge in [-0.3, -0.25) is 9.59 Å². The number of carbonyl (C=O) groups is 1. The van der Waals surface area contributed by atoms with E-state index in [0.717, 1.165) is 22.0 Å². The highest BCUT2D eigenvalue weighted by Gasteiger charge is 2.18. The summed E-state index contributed by atoms with van der Waals surface area (Å²) in [6.45, 7) is 5.45. The van der Waals surface area contributed by atoms with Crippen molar-refractivity contribution in [3.8, 4) is 0 Å². The van der Waals surface area contributed by atoms with E-state index in [1.54, 1.807) is 19.9 Å². The van der Waals surface area contributed by atoms with Crippen molar-refractivity contribution in [3.05, 3.63) is 80.2 Å². The molecule has 0 aliphatic rings. The fourth-order valence-corrected chi connectivity index (χ4v) is 3.37. The summed E-state index contributed by atoms with van der Waals surface area (Å²) in [5.41, 5.74) is 2.12. The van der Waals surface area contributed by atoms with E-state index in [4.69, 9.17) is 11.6 Å². The topological polar surface area (TPSA) is 62.0 Å². The minimum absolute atomic E-state index is 0.149. The predicted octanol–water partition coefficient (Wildman–Crippen LogP) is 4.29. The first-order chi connectivity index (χ1) is 11.9. The van der Waals surface area contributed by atoms with Crippen molar-refractivity contribution < 1.29 is 4.79 Å². The first kappa shape index (κ1) is 17.2. The molecule has 3 rings (SSSR count). The van der Waals surface area contributed by atoms with E-state index in [-0.39, 0.29) is 23.1 Å². The van der Waals surface area contributed by atoms with E-state index in [0.29, 0.717) is 10.6 Å². The van der Waals surface area contributed by atoms with Gasteiger partial charge in [-0.1, -0.05) is 41.9 Å². The Kier molecular flexibility index (Phi) is 4.64. The Balaban J connectivity index is 1.96. The molecule has 1 unspecified atom stereocenters. The Morgan fingerprint density at radius 1 is 1.12 bits per heavy atom. The second kappa shape index (κ2) is 6.73. The number of halogens is 1. The maximum absolute atomic E-state index is 12.6. The summed E-state index contributed by atoms with van der Waals surface area (Å²) in [7, 11) is 0. The number of fused-ring (bicyclic) bond motifs is 1. The number of carbonyl (C=O) groups excluding carboxylic acids is 1. The van der Waals surface area contributed by atoms with Gasteiger partial charge in [0.2, 0.25) is 0 Å². The van der Waals surface area contributed by atoms with Crippen molar-refractivity contribution in [1.82, 2.24) is 10.3 Å². The second-order valence-electron chi connectivity index (χ2n) is 6.22. The molecule has 0 radical (unpaired) electrons. The Morgan fingerprint density at radius 2 is 1.80 bits per heavy atom.